The Morgan fingerprint density at radius 2 is 1.95 bits per heavy atom. The normalized spacial score (nSPS) is 10.7. The van der Waals surface area contributed by atoms with Crippen molar-refractivity contribution >= 4 is 39.8 Å². The van der Waals surface area contributed by atoms with Gasteiger partial charge in [-0.15, -0.1) is 0 Å². The van der Waals surface area contributed by atoms with Crippen molar-refractivity contribution in [2.75, 3.05) is 11.1 Å². The third-order valence-corrected chi connectivity index (χ3v) is 3.25. The van der Waals surface area contributed by atoms with Crippen LogP contribution < -0.4 is 11.1 Å². The van der Waals surface area contributed by atoms with Gasteiger partial charge in [0.2, 0.25) is 0 Å². The highest BCUT2D eigenvalue weighted by atomic mass is 35.5. The molecule has 2 aromatic carbocycles. The number of hydrogen-bond acceptors (Lipinski definition) is 2. The lowest BCUT2D eigenvalue weighted by Gasteiger charge is -2.03. The number of rotatable bonds is 2. The van der Waals surface area contributed by atoms with Gasteiger partial charge in [-0.1, -0.05) is 29.8 Å². The lowest BCUT2D eigenvalue weighted by Crippen LogP contribution is -2.12. The molecule has 0 radical (unpaired) electrons. The Hall–Kier alpha value is -2.46. The van der Waals surface area contributed by atoms with Crippen molar-refractivity contribution < 1.29 is 4.79 Å². The Morgan fingerprint density at radius 1 is 1.15 bits per heavy atom. The Morgan fingerprint density at radius 3 is 2.70 bits per heavy atom. The van der Waals surface area contributed by atoms with E-state index >= 15 is 0 Å². The van der Waals surface area contributed by atoms with Gasteiger partial charge < -0.3 is 16.0 Å². The molecule has 20 heavy (non-hydrogen) atoms. The molecule has 4 N–H and O–H groups in total. The van der Waals surface area contributed by atoms with Gasteiger partial charge in [-0.3, -0.25) is 4.79 Å². The highest BCUT2D eigenvalue weighted by molar-refractivity contribution is 6.31. The fraction of sp³-hybridized carbons (Fsp3) is 0. The topological polar surface area (TPSA) is 70.9 Å². The van der Waals surface area contributed by atoms with Crippen LogP contribution in [0.1, 0.15) is 10.5 Å². The quantitative estimate of drug-likeness (QED) is 0.629. The molecule has 0 spiro atoms. The molecule has 0 aliphatic carbocycles. The molecule has 0 bridgehead atoms. The average molecular weight is 286 g/mol. The first-order chi connectivity index (χ1) is 9.63. The molecule has 1 aromatic heterocycles. The summed E-state index contributed by atoms with van der Waals surface area (Å²) in [5.74, 6) is -0.233. The van der Waals surface area contributed by atoms with E-state index in [0.717, 1.165) is 10.9 Å². The number of aromatic nitrogens is 1. The molecule has 3 aromatic rings. The first-order valence-corrected chi connectivity index (χ1v) is 6.45. The van der Waals surface area contributed by atoms with Crippen LogP contribution in [0.15, 0.2) is 48.5 Å². The van der Waals surface area contributed by atoms with Crippen molar-refractivity contribution in [3.05, 3.63) is 59.2 Å². The Bertz CT molecular complexity index is 795. The lowest BCUT2D eigenvalue weighted by molar-refractivity contribution is 0.102. The van der Waals surface area contributed by atoms with Gasteiger partial charge in [0.15, 0.2) is 0 Å². The first-order valence-electron chi connectivity index (χ1n) is 6.07. The minimum Gasteiger partial charge on any atom is -0.397 e. The average Bonchev–Trinajstić information content (AvgIpc) is 2.84. The van der Waals surface area contributed by atoms with E-state index in [0.29, 0.717) is 22.1 Å². The van der Waals surface area contributed by atoms with E-state index in [-0.39, 0.29) is 5.91 Å². The molecule has 4 nitrogen and oxygen atoms in total. The maximum absolute atomic E-state index is 12.2. The van der Waals surface area contributed by atoms with E-state index in [1.165, 1.54) is 0 Å². The van der Waals surface area contributed by atoms with Gasteiger partial charge in [0.05, 0.1) is 11.2 Å². The highest BCUT2D eigenvalue weighted by Gasteiger charge is 2.11. The number of anilines is 2. The van der Waals surface area contributed by atoms with Crippen molar-refractivity contribution in [1.29, 1.82) is 0 Å². The van der Waals surface area contributed by atoms with Crippen molar-refractivity contribution in [2.24, 2.45) is 0 Å². The van der Waals surface area contributed by atoms with Crippen molar-refractivity contribution in [2.45, 2.75) is 0 Å². The molecule has 1 heterocycles. The van der Waals surface area contributed by atoms with Crippen LogP contribution in [0.2, 0.25) is 5.02 Å². The molecule has 0 aliphatic heterocycles. The summed E-state index contributed by atoms with van der Waals surface area (Å²) in [5, 5.41) is 4.26. The summed E-state index contributed by atoms with van der Waals surface area (Å²) in [5.41, 5.74) is 8.35. The number of H-pyrrole nitrogens is 1. The van der Waals surface area contributed by atoms with E-state index < -0.39 is 0 Å². The number of carbonyl (C=O) groups is 1. The van der Waals surface area contributed by atoms with Crippen LogP contribution in [0, 0.1) is 0 Å². The molecule has 1 amide bonds. The minimum atomic E-state index is -0.233. The van der Waals surface area contributed by atoms with Crippen LogP contribution in [0.4, 0.5) is 11.4 Å². The van der Waals surface area contributed by atoms with E-state index in [1.807, 2.05) is 12.1 Å². The zero-order chi connectivity index (χ0) is 14.1. The number of benzene rings is 2. The predicted molar refractivity (Wildman–Crippen MR) is 82.1 cm³/mol. The van der Waals surface area contributed by atoms with E-state index in [4.69, 9.17) is 17.3 Å². The number of fused-ring (bicyclic) bond motifs is 1. The van der Waals surface area contributed by atoms with Crippen LogP contribution in [-0.4, -0.2) is 10.9 Å². The summed E-state index contributed by atoms with van der Waals surface area (Å²) >= 11 is 5.88. The molecular weight excluding hydrogens is 274 g/mol. The standard InChI is InChI=1S/C15H12ClN3O/c16-10-4-2-5-11(8-10)18-15(20)13-7-9-3-1-6-12(17)14(9)19-13/h1-8,19H,17H2,(H,18,20). The molecule has 3 rings (SSSR count). The second kappa shape index (κ2) is 4.90. The molecule has 0 saturated carbocycles. The monoisotopic (exact) mass is 285 g/mol. The zero-order valence-corrected chi connectivity index (χ0v) is 11.2. The summed E-state index contributed by atoms with van der Waals surface area (Å²) in [6, 6.07) is 14.3. The van der Waals surface area contributed by atoms with Crippen molar-refractivity contribution in [1.82, 2.24) is 4.98 Å². The molecule has 0 fully saturated rings. The molecular formula is C15H12ClN3O. The second-order valence-corrected chi connectivity index (χ2v) is 4.90. The fourth-order valence-electron chi connectivity index (χ4n) is 2.07. The summed E-state index contributed by atoms with van der Waals surface area (Å²) in [7, 11) is 0. The second-order valence-electron chi connectivity index (χ2n) is 4.46. The van der Waals surface area contributed by atoms with Crippen LogP contribution >= 0.6 is 11.6 Å². The van der Waals surface area contributed by atoms with E-state index in [1.54, 1.807) is 36.4 Å². The largest absolute Gasteiger partial charge is 0.397 e. The van der Waals surface area contributed by atoms with Crippen molar-refractivity contribution in [3.63, 3.8) is 0 Å². The lowest BCUT2D eigenvalue weighted by atomic mass is 10.2. The third kappa shape index (κ3) is 2.33. The molecule has 5 heteroatoms. The van der Waals surface area contributed by atoms with E-state index in [9.17, 15) is 4.79 Å². The van der Waals surface area contributed by atoms with Gasteiger partial charge in [0.1, 0.15) is 5.69 Å². The third-order valence-electron chi connectivity index (χ3n) is 3.02. The number of hydrogen-bond donors (Lipinski definition) is 3. The van der Waals surface area contributed by atoms with Gasteiger partial charge in [-0.2, -0.15) is 0 Å². The van der Waals surface area contributed by atoms with Crippen LogP contribution in [0.25, 0.3) is 10.9 Å². The molecule has 0 atom stereocenters. The summed E-state index contributed by atoms with van der Waals surface area (Å²) < 4.78 is 0. The summed E-state index contributed by atoms with van der Waals surface area (Å²) in [6.45, 7) is 0. The SMILES string of the molecule is Nc1cccc2cc(C(=O)Nc3cccc(Cl)c3)[nH]c12. The number of carbonyl (C=O) groups excluding carboxylic acids is 1. The Labute approximate surface area is 120 Å². The molecule has 100 valence electrons. The Kier molecular flexibility index (Phi) is 3.08. The molecule has 0 saturated heterocycles. The van der Waals surface area contributed by atoms with Gasteiger partial charge >= 0.3 is 0 Å². The van der Waals surface area contributed by atoms with Gasteiger partial charge in [0, 0.05) is 16.1 Å². The van der Waals surface area contributed by atoms with Crippen LogP contribution in [0.3, 0.4) is 0 Å². The van der Waals surface area contributed by atoms with Crippen LogP contribution in [0.5, 0.6) is 0 Å². The summed E-state index contributed by atoms with van der Waals surface area (Å²) in [6.07, 6.45) is 0. The molecule has 0 unspecified atom stereocenters. The van der Waals surface area contributed by atoms with E-state index in [2.05, 4.69) is 10.3 Å². The van der Waals surface area contributed by atoms with Crippen LogP contribution in [-0.2, 0) is 0 Å². The fourth-order valence-corrected chi connectivity index (χ4v) is 2.26. The zero-order valence-electron chi connectivity index (χ0n) is 10.5. The number of amides is 1. The maximum atomic E-state index is 12.2. The number of nitrogens with one attached hydrogen (secondary N) is 2. The van der Waals surface area contributed by atoms with Gasteiger partial charge in [0.25, 0.3) is 5.91 Å². The van der Waals surface area contributed by atoms with Gasteiger partial charge in [-0.05, 0) is 30.3 Å². The number of halogens is 1. The minimum absolute atomic E-state index is 0.233. The number of nitrogen functional groups attached to an aromatic ring is 1. The highest BCUT2D eigenvalue weighted by Crippen LogP contribution is 2.22. The predicted octanol–water partition coefficient (Wildman–Crippen LogP) is 3.66. The maximum Gasteiger partial charge on any atom is 0.272 e. The number of aromatic amines is 1. The number of para-hydroxylation sites is 1. The Balaban J connectivity index is 1.91. The first kappa shape index (κ1) is 12.6. The summed E-state index contributed by atoms with van der Waals surface area (Å²) in [4.78, 5) is 15.2. The smallest absolute Gasteiger partial charge is 0.272 e. The van der Waals surface area contributed by atoms with Crippen molar-refractivity contribution in [3.8, 4) is 0 Å². The van der Waals surface area contributed by atoms with Gasteiger partial charge in [-0.25, -0.2) is 0 Å². The number of nitrogens with two attached hydrogens (primary N) is 1. The molecule has 0 aliphatic rings.